The van der Waals surface area contributed by atoms with E-state index in [2.05, 4.69) is 17.0 Å². The quantitative estimate of drug-likeness (QED) is 0.644. The summed E-state index contributed by atoms with van der Waals surface area (Å²) in [6, 6.07) is 4.43. The van der Waals surface area contributed by atoms with Gasteiger partial charge in [-0.05, 0) is 63.6 Å². The highest BCUT2D eigenvalue weighted by Crippen LogP contribution is 2.24. The normalized spacial score (nSPS) is 19.6. The van der Waals surface area contributed by atoms with Crippen LogP contribution in [0.15, 0.2) is 18.2 Å². The summed E-state index contributed by atoms with van der Waals surface area (Å²) >= 11 is 6.21. The summed E-state index contributed by atoms with van der Waals surface area (Å²) in [4.78, 5) is 26.3. The molecular weight excluding hydrogens is 414 g/mol. The summed E-state index contributed by atoms with van der Waals surface area (Å²) in [6.07, 6.45) is 3.55. The molecule has 0 radical (unpaired) electrons. The molecule has 0 saturated heterocycles. The lowest BCUT2D eigenvalue weighted by Crippen LogP contribution is -2.41. The zero-order valence-electron chi connectivity index (χ0n) is 17.2. The minimum atomic E-state index is -3.72. The fraction of sp³-hybridized carbons (Fsp3) is 0.600. The highest BCUT2D eigenvalue weighted by molar-refractivity contribution is 7.90. The van der Waals surface area contributed by atoms with Crippen molar-refractivity contribution in [3.8, 4) is 0 Å². The van der Waals surface area contributed by atoms with Crippen LogP contribution in [0.4, 0.5) is 5.69 Å². The first-order valence-corrected chi connectivity index (χ1v) is 12.1. The highest BCUT2D eigenvalue weighted by Gasteiger charge is 2.25. The highest BCUT2D eigenvalue weighted by atomic mass is 35.5. The molecular formula is C20H30ClN3O4S. The second-order valence-corrected chi connectivity index (χ2v) is 9.72. The lowest BCUT2D eigenvalue weighted by molar-refractivity contribution is -0.113. The van der Waals surface area contributed by atoms with Crippen LogP contribution in [0.25, 0.3) is 0 Å². The van der Waals surface area contributed by atoms with E-state index in [0.29, 0.717) is 30.3 Å². The zero-order chi connectivity index (χ0) is 21.6. The number of anilines is 1. The lowest BCUT2D eigenvalue weighted by atomic mass is 9.88. The molecule has 2 amide bonds. The average molecular weight is 444 g/mol. The van der Waals surface area contributed by atoms with Crippen molar-refractivity contribution in [2.24, 2.45) is 5.92 Å². The van der Waals surface area contributed by atoms with Crippen LogP contribution < -0.4 is 10.0 Å². The molecule has 1 fully saturated rings. The number of hydrogen-bond acceptors (Lipinski definition) is 4. The third kappa shape index (κ3) is 6.97. The SMILES string of the molecule is CCN(CC)C(=O)c1ccc(NC(=O)CS(=O)(=O)NC2CCC(C)CC2)cc1Cl. The third-order valence-electron chi connectivity index (χ3n) is 5.22. The van der Waals surface area contributed by atoms with E-state index >= 15 is 0 Å². The van der Waals surface area contributed by atoms with Gasteiger partial charge in [0.15, 0.2) is 0 Å². The second kappa shape index (κ2) is 10.4. The Balaban J connectivity index is 1.96. The van der Waals surface area contributed by atoms with Crippen LogP contribution in [0.3, 0.4) is 0 Å². The molecule has 0 atom stereocenters. The van der Waals surface area contributed by atoms with E-state index < -0.39 is 21.7 Å². The minimum absolute atomic E-state index is 0.108. The molecule has 1 saturated carbocycles. The monoisotopic (exact) mass is 443 g/mol. The van der Waals surface area contributed by atoms with Crippen molar-refractivity contribution in [3.05, 3.63) is 28.8 Å². The van der Waals surface area contributed by atoms with Gasteiger partial charge in [-0.1, -0.05) is 18.5 Å². The first-order chi connectivity index (χ1) is 13.6. The van der Waals surface area contributed by atoms with Crippen molar-refractivity contribution in [3.63, 3.8) is 0 Å². The van der Waals surface area contributed by atoms with Crippen molar-refractivity contribution < 1.29 is 18.0 Å². The maximum atomic E-state index is 12.4. The van der Waals surface area contributed by atoms with Gasteiger partial charge in [-0.3, -0.25) is 9.59 Å². The van der Waals surface area contributed by atoms with E-state index in [1.807, 2.05) is 13.8 Å². The molecule has 0 aliphatic heterocycles. The summed E-state index contributed by atoms with van der Waals surface area (Å²) < 4.78 is 27.2. The van der Waals surface area contributed by atoms with Crippen molar-refractivity contribution in [1.82, 2.24) is 9.62 Å². The van der Waals surface area contributed by atoms with Crippen molar-refractivity contribution in [2.45, 2.75) is 52.5 Å². The maximum Gasteiger partial charge on any atom is 0.255 e. The smallest absolute Gasteiger partial charge is 0.255 e. The van der Waals surface area contributed by atoms with E-state index in [1.54, 1.807) is 11.0 Å². The fourth-order valence-corrected chi connectivity index (χ4v) is 5.00. The van der Waals surface area contributed by atoms with Crippen LogP contribution in [0.2, 0.25) is 5.02 Å². The summed E-state index contributed by atoms with van der Waals surface area (Å²) in [6.45, 7) is 7.05. The van der Waals surface area contributed by atoms with Gasteiger partial charge < -0.3 is 10.2 Å². The molecule has 1 aromatic rings. The number of sulfonamides is 1. The number of rotatable bonds is 8. The Morgan fingerprint density at radius 2 is 1.76 bits per heavy atom. The molecule has 1 aliphatic rings. The van der Waals surface area contributed by atoms with Gasteiger partial charge in [0, 0.05) is 24.8 Å². The number of carbonyl (C=O) groups is 2. The zero-order valence-corrected chi connectivity index (χ0v) is 18.8. The van der Waals surface area contributed by atoms with Gasteiger partial charge in [-0.2, -0.15) is 0 Å². The van der Waals surface area contributed by atoms with Crippen LogP contribution in [0.1, 0.15) is 56.8 Å². The van der Waals surface area contributed by atoms with E-state index in [4.69, 9.17) is 11.6 Å². The second-order valence-electron chi connectivity index (χ2n) is 7.55. The Labute approximate surface area is 178 Å². The predicted octanol–water partition coefficient (Wildman–Crippen LogP) is 3.26. The van der Waals surface area contributed by atoms with E-state index in [1.165, 1.54) is 12.1 Å². The number of amides is 2. The molecule has 2 N–H and O–H groups in total. The molecule has 0 heterocycles. The van der Waals surface area contributed by atoms with Gasteiger partial charge in [0.05, 0.1) is 10.6 Å². The summed E-state index contributed by atoms with van der Waals surface area (Å²) in [7, 11) is -3.72. The van der Waals surface area contributed by atoms with Crippen LogP contribution in [0.5, 0.6) is 0 Å². The molecule has 9 heteroatoms. The van der Waals surface area contributed by atoms with Crippen LogP contribution in [-0.2, 0) is 14.8 Å². The predicted molar refractivity (Wildman–Crippen MR) is 116 cm³/mol. The number of carbonyl (C=O) groups excluding carboxylic acids is 2. The number of nitrogens with one attached hydrogen (secondary N) is 2. The topological polar surface area (TPSA) is 95.6 Å². The molecule has 7 nitrogen and oxygen atoms in total. The summed E-state index contributed by atoms with van der Waals surface area (Å²) in [5.74, 6) is -0.885. The van der Waals surface area contributed by atoms with Crippen LogP contribution in [0, 0.1) is 5.92 Å². The molecule has 2 rings (SSSR count). The molecule has 1 aliphatic carbocycles. The summed E-state index contributed by atoms with van der Waals surface area (Å²) in [5.41, 5.74) is 0.687. The van der Waals surface area contributed by atoms with E-state index in [0.717, 1.165) is 25.7 Å². The molecule has 1 aromatic carbocycles. The molecule has 0 unspecified atom stereocenters. The number of nitrogens with zero attached hydrogens (tertiary/aromatic N) is 1. The van der Waals surface area contributed by atoms with Gasteiger partial charge in [0.2, 0.25) is 15.9 Å². The van der Waals surface area contributed by atoms with Crippen molar-refractivity contribution in [2.75, 3.05) is 24.2 Å². The van der Waals surface area contributed by atoms with Crippen molar-refractivity contribution >= 4 is 39.1 Å². The van der Waals surface area contributed by atoms with E-state index in [-0.39, 0.29) is 17.0 Å². The number of hydrogen-bond donors (Lipinski definition) is 2. The summed E-state index contributed by atoms with van der Waals surface area (Å²) in [5, 5.41) is 2.74. The molecule has 0 spiro atoms. The Morgan fingerprint density at radius 1 is 1.14 bits per heavy atom. The van der Waals surface area contributed by atoms with Crippen molar-refractivity contribution in [1.29, 1.82) is 0 Å². The molecule has 29 heavy (non-hydrogen) atoms. The third-order valence-corrected chi connectivity index (χ3v) is 6.86. The minimum Gasteiger partial charge on any atom is -0.339 e. The number of benzene rings is 1. The Bertz CT molecular complexity index is 832. The van der Waals surface area contributed by atoms with Gasteiger partial charge in [-0.15, -0.1) is 0 Å². The van der Waals surface area contributed by atoms with Gasteiger partial charge in [-0.25, -0.2) is 13.1 Å². The van der Waals surface area contributed by atoms with Crippen LogP contribution >= 0.6 is 11.6 Å². The van der Waals surface area contributed by atoms with Gasteiger partial charge >= 0.3 is 0 Å². The molecule has 0 aromatic heterocycles. The first-order valence-electron chi connectivity index (χ1n) is 10.0. The Kier molecular flexibility index (Phi) is 8.48. The standard InChI is InChI=1S/C20H30ClN3O4S/c1-4-24(5-2)20(26)17-11-10-16(12-18(17)21)22-19(25)13-29(27,28)23-15-8-6-14(3)7-9-15/h10-12,14-15,23H,4-9,13H2,1-3H3,(H,22,25). The fourth-order valence-electron chi connectivity index (χ4n) is 3.49. The van der Waals surface area contributed by atoms with Gasteiger partial charge in [0.1, 0.15) is 5.75 Å². The maximum absolute atomic E-state index is 12.4. The average Bonchev–Trinajstić information content (AvgIpc) is 2.63. The number of halogens is 1. The Morgan fingerprint density at radius 3 is 2.31 bits per heavy atom. The Hall–Kier alpha value is -1.64. The van der Waals surface area contributed by atoms with E-state index in [9.17, 15) is 18.0 Å². The molecule has 162 valence electrons. The van der Waals surface area contributed by atoms with Crippen LogP contribution in [-0.4, -0.2) is 50.0 Å². The molecule has 0 bridgehead atoms. The first kappa shape index (κ1) is 23.6. The lowest BCUT2D eigenvalue weighted by Gasteiger charge is -2.26. The van der Waals surface area contributed by atoms with Gasteiger partial charge in [0.25, 0.3) is 5.91 Å². The largest absolute Gasteiger partial charge is 0.339 e.